The van der Waals surface area contributed by atoms with Crippen molar-refractivity contribution in [3.8, 4) is 5.75 Å². The molecule has 1 amide bonds. The molecule has 0 bridgehead atoms. The number of esters is 1. The van der Waals surface area contributed by atoms with E-state index in [2.05, 4.69) is 15.2 Å². The minimum Gasteiger partial charge on any atom is -0.422 e. The van der Waals surface area contributed by atoms with E-state index in [-0.39, 0.29) is 21.2 Å². The van der Waals surface area contributed by atoms with Crippen LogP contribution in [0, 0.1) is 0 Å². The molecule has 0 atom stereocenters. The predicted octanol–water partition coefficient (Wildman–Crippen LogP) is 4.14. The molecule has 4 rings (SSSR count). The van der Waals surface area contributed by atoms with Crippen molar-refractivity contribution in [3.05, 3.63) is 107 Å². The number of rotatable bonds is 8. The molecule has 0 saturated carbocycles. The van der Waals surface area contributed by atoms with Gasteiger partial charge in [0.1, 0.15) is 5.75 Å². The van der Waals surface area contributed by atoms with Gasteiger partial charge in [-0.25, -0.2) is 23.4 Å². The van der Waals surface area contributed by atoms with E-state index in [1.807, 2.05) is 24.3 Å². The Bertz CT molecular complexity index is 1560. The highest BCUT2D eigenvalue weighted by Gasteiger charge is 2.17. The van der Waals surface area contributed by atoms with Gasteiger partial charge in [0.2, 0.25) is 10.0 Å². The zero-order chi connectivity index (χ0) is 25.5. The average molecular weight is 522 g/mol. The second-order valence-corrected chi connectivity index (χ2v) is 9.67. The second-order valence-electron chi connectivity index (χ2n) is 7.50. The Kier molecular flexibility index (Phi) is 7.74. The largest absolute Gasteiger partial charge is 0.422 e. The molecular weight excluding hydrogens is 502 g/mol. The van der Waals surface area contributed by atoms with Gasteiger partial charge in [-0.1, -0.05) is 72.3 Å². The summed E-state index contributed by atoms with van der Waals surface area (Å²) in [6.07, 6.45) is 1.33. The van der Waals surface area contributed by atoms with Crippen LogP contribution in [0.1, 0.15) is 15.9 Å². The number of sulfonamides is 1. The van der Waals surface area contributed by atoms with Crippen molar-refractivity contribution in [2.24, 2.45) is 5.10 Å². The molecule has 0 aromatic heterocycles. The summed E-state index contributed by atoms with van der Waals surface area (Å²) in [7, 11) is -3.84. The molecular formula is C26H20ClN3O5S. The smallest absolute Gasteiger partial charge is 0.345 e. The van der Waals surface area contributed by atoms with Gasteiger partial charge in [-0.15, -0.1) is 0 Å². The maximum atomic E-state index is 12.7. The molecule has 36 heavy (non-hydrogen) atoms. The predicted molar refractivity (Wildman–Crippen MR) is 138 cm³/mol. The van der Waals surface area contributed by atoms with E-state index in [9.17, 15) is 18.0 Å². The number of hydrogen-bond acceptors (Lipinski definition) is 6. The number of amides is 1. The first-order valence-electron chi connectivity index (χ1n) is 10.7. The summed E-state index contributed by atoms with van der Waals surface area (Å²) in [5.41, 5.74) is 2.93. The van der Waals surface area contributed by atoms with Crippen molar-refractivity contribution in [1.29, 1.82) is 0 Å². The van der Waals surface area contributed by atoms with Gasteiger partial charge in [-0.3, -0.25) is 4.79 Å². The number of halogens is 1. The van der Waals surface area contributed by atoms with Crippen LogP contribution in [0.2, 0.25) is 5.02 Å². The number of nitrogens with one attached hydrogen (secondary N) is 2. The van der Waals surface area contributed by atoms with Crippen molar-refractivity contribution in [3.63, 3.8) is 0 Å². The third kappa shape index (κ3) is 5.95. The first-order chi connectivity index (χ1) is 17.3. The summed E-state index contributed by atoms with van der Waals surface area (Å²) in [5, 5.41) is 5.79. The number of benzene rings is 4. The molecule has 4 aromatic rings. The van der Waals surface area contributed by atoms with E-state index in [1.165, 1.54) is 18.3 Å². The molecule has 0 spiro atoms. The summed E-state index contributed by atoms with van der Waals surface area (Å²) in [6.45, 7) is -0.515. The van der Waals surface area contributed by atoms with Gasteiger partial charge in [0.15, 0.2) is 0 Å². The number of carbonyl (C=O) groups is 2. The SMILES string of the molecule is O=C(CNS(=O)(=O)c1ccccc1)NN=Cc1c(OC(=O)c2ccccc2Cl)ccc2ccccc12. The van der Waals surface area contributed by atoms with E-state index in [0.29, 0.717) is 5.56 Å². The normalized spacial score (nSPS) is 11.5. The lowest BCUT2D eigenvalue weighted by Crippen LogP contribution is -2.34. The van der Waals surface area contributed by atoms with Gasteiger partial charge in [0.05, 0.1) is 28.2 Å². The van der Waals surface area contributed by atoms with Crippen molar-refractivity contribution >= 4 is 50.5 Å². The van der Waals surface area contributed by atoms with Gasteiger partial charge in [-0.05, 0) is 41.1 Å². The molecule has 4 aromatic carbocycles. The van der Waals surface area contributed by atoms with Crippen molar-refractivity contribution in [2.75, 3.05) is 6.54 Å². The first kappa shape index (κ1) is 25.1. The lowest BCUT2D eigenvalue weighted by atomic mass is 10.0. The number of carbonyl (C=O) groups excluding carboxylic acids is 2. The molecule has 182 valence electrons. The molecule has 0 aliphatic rings. The highest BCUT2D eigenvalue weighted by atomic mass is 35.5. The van der Waals surface area contributed by atoms with Gasteiger partial charge >= 0.3 is 5.97 Å². The maximum absolute atomic E-state index is 12.7. The number of fused-ring (bicyclic) bond motifs is 1. The average Bonchev–Trinajstić information content (AvgIpc) is 2.89. The number of ether oxygens (including phenoxy) is 1. The third-order valence-electron chi connectivity index (χ3n) is 5.09. The Morgan fingerprint density at radius 3 is 2.36 bits per heavy atom. The van der Waals surface area contributed by atoms with Crippen molar-refractivity contribution in [1.82, 2.24) is 10.1 Å². The van der Waals surface area contributed by atoms with E-state index in [1.54, 1.807) is 54.6 Å². The Morgan fingerprint density at radius 2 is 1.58 bits per heavy atom. The Morgan fingerprint density at radius 1 is 0.889 bits per heavy atom. The van der Waals surface area contributed by atoms with E-state index in [0.717, 1.165) is 10.8 Å². The van der Waals surface area contributed by atoms with Crippen LogP contribution in [-0.4, -0.2) is 33.1 Å². The highest BCUT2D eigenvalue weighted by molar-refractivity contribution is 7.89. The van der Waals surface area contributed by atoms with E-state index < -0.39 is 28.4 Å². The van der Waals surface area contributed by atoms with Crippen LogP contribution in [0.25, 0.3) is 10.8 Å². The lowest BCUT2D eigenvalue weighted by Gasteiger charge is -2.11. The van der Waals surface area contributed by atoms with Crippen LogP contribution in [0.15, 0.2) is 101 Å². The summed E-state index contributed by atoms with van der Waals surface area (Å²) in [5.74, 6) is -1.12. The fraction of sp³-hybridized carbons (Fsp3) is 0.0385. The molecule has 0 unspecified atom stereocenters. The van der Waals surface area contributed by atoms with Crippen LogP contribution in [-0.2, 0) is 14.8 Å². The van der Waals surface area contributed by atoms with Gasteiger partial charge in [0, 0.05) is 5.56 Å². The monoisotopic (exact) mass is 521 g/mol. The third-order valence-corrected chi connectivity index (χ3v) is 6.83. The Labute approximate surface area is 212 Å². The molecule has 0 radical (unpaired) electrons. The number of nitrogens with zero attached hydrogens (tertiary/aromatic N) is 1. The molecule has 0 aliphatic heterocycles. The zero-order valence-corrected chi connectivity index (χ0v) is 20.3. The lowest BCUT2D eigenvalue weighted by molar-refractivity contribution is -0.119. The zero-order valence-electron chi connectivity index (χ0n) is 18.7. The molecule has 0 heterocycles. The molecule has 2 N–H and O–H groups in total. The highest BCUT2D eigenvalue weighted by Crippen LogP contribution is 2.28. The van der Waals surface area contributed by atoms with Gasteiger partial charge < -0.3 is 4.74 Å². The van der Waals surface area contributed by atoms with Crippen LogP contribution in [0.3, 0.4) is 0 Å². The van der Waals surface area contributed by atoms with Gasteiger partial charge in [-0.2, -0.15) is 5.10 Å². The molecule has 8 nitrogen and oxygen atoms in total. The minimum atomic E-state index is -3.84. The Hall–Kier alpha value is -4.05. The van der Waals surface area contributed by atoms with Crippen LogP contribution < -0.4 is 14.9 Å². The maximum Gasteiger partial charge on any atom is 0.345 e. The standard InChI is InChI=1S/C26H20ClN3O5S/c27-23-13-7-6-12-21(23)26(32)35-24-15-14-18-8-4-5-11-20(18)22(24)16-28-30-25(31)17-29-36(33,34)19-9-2-1-3-10-19/h1-16,29H,17H2,(H,30,31). The second kappa shape index (κ2) is 11.1. The van der Waals surface area contributed by atoms with Crippen LogP contribution in [0.5, 0.6) is 5.75 Å². The minimum absolute atomic E-state index is 0.0435. The fourth-order valence-electron chi connectivity index (χ4n) is 3.33. The van der Waals surface area contributed by atoms with Crippen LogP contribution in [0.4, 0.5) is 0 Å². The molecule has 0 aliphatic carbocycles. The number of hydrogen-bond donors (Lipinski definition) is 2. The van der Waals surface area contributed by atoms with Gasteiger partial charge in [0.25, 0.3) is 5.91 Å². The van der Waals surface area contributed by atoms with E-state index >= 15 is 0 Å². The first-order valence-corrected chi connectivity index (χ1v) is 12.6. The summed E-state index contributed by atoms with van der Waals surface area (Å²) in [6, 6.07) is 25.0. The summed E-state index contributed by atoms with van der Waals surface area (Å²) < 4.78 is 32.4. The Balaban J connectivity index is 1.51. The van der Waals surface area contributed by atoms with Crippen molar-refractivity contribution < 1.29 is 22.7 Å². The van der Waals surface area contributed by atoms with Crippen molar-refractivity contribution in [2.45, 2.75) is 4.90 Å². The quantitative estimate of drug-likeness (QED) is 0.156. The molecule has 10 heteroatoms. The fourth-order valence-corrected chi connectivity index (χ4v) is 4.55. The summed E-state index contributed by atoms with van der Waals surface area (Å²) in [4.78, 5) is 25.0. The topological polar surface area (TPSA) is 114 Å². The molecule has 0 saturated heterocycles. The summed E-state index contributed by atoms with van der Waals surface area (Å²) >= 11 is 6.12. The number of hydrazone groups is 1. The van der Waals surface area contributed by atoms with Crippen LogP contribution >= 0.6 is 11.6 Å². The van der Waals surface area contributed by atoms with E-state index in [4.69, 9.17) is 16.3 Å². The molecule has 0 fully saturated rings.